The van der Waals surface area contributed by atoms with Gasteiger partial charge < -0.3 is 5.73 Å². The maximum atomic E-state index is 11.7. The predicted molar refractivity (Wildman–Crippen MR) is 59.6 cm³/mol. The third-order valence-corrected chi connectivity index (χ3v) is 2.88. The summed E-state index contributed by atoms with van der Waals surface area (Å²) in [6.07, 6.45) is 1.39. The summed E-state index contributed by atoms with van der Waals surface area (Å²) in [6, 6.07) is 3.69. The first-order valence-electron chi connectivity index (χ1n) is 3.52. The van der Waals surface area contributed by atoms with Crippen LogP contribution in [0.15, 0.2) is 21.0 Å². The quantitative estimate of drug-likeness (QED) is 0.505. The van der Waals surface area contributed by atoms with Crippen molar-refractivity contribution in [3.63, 3.8) is 0 Å². The highest BCUT2D eigenvalue weighted by molar-refractivity contribution is 9.10. The van der Waals surface area contributed by atoms with Gasteiger partial charge in [0.2, 0.25) is 0 Å². The Kier molecular flexibility index (Phi) is 3.74. The van der Waals surface area contributed by atoms with Crippen molar-refractivity contribution in [2.75, 3.05) is 5.73 Å². The van der Waals surface area contributed by atoms with Crippen LogP contribution in [0.2, 0.25) is 0 Å². The molecule has 1 aromatic rings. The third-order valence-electron chi connectivity index (χ3n) is 1.64. The monoisotopic (exact) mass is 262 g/mol. The van der Waals surface area contributed by atoms with Crippen LogP contribution in [0.3, 0.4) is 0 Å². The van der Waals surface area contributed by atoms with Crippen LogP contribution >= 0.6 is 28.3 Å². The van der Waals surface area contributed by atoms with E-state index in [0.717, 1.165) is 10.0 Å². The molecule has 0 aliphatic rings. The molecule has 2 N–H and O–H groups in total. The number of nitrogens with two attached hydrogens (primary N) is 1. The lowest BCUT2D eigenvalue weighted by molar-refractivity contribution is 0.939. The maximum Gasteiger partial charge on any atom is 0.186 e. The van der Waals surface area contributed by atoms with E-state index in [1.54, 1.807) is 6.07 Å². The second-order valence-electron chi connectivity index (χ2n) is 2.50. The number of rotatable bonds is 2. The van der Waals surface area contributed by atoms with Gasteiger partial charge in [0.1, 0.15) is 0 Å². The average molecular weight is 263 g/mol. The number of nitrogens with zero attached hydrogens (tertiary/aromatic N) is 1. The van der Waals surface area contributed by atoms with E-state index in [1.165, 1.54) is 6.21 Å². The standard InChI is InChI=1S/C8H8BrFN2S/c1-5-2-3-6(4-12-13-10)8(11)7(5)9/h2-4H,11H2,1H3. The van der Waals surface area contributed by atoms with Crippen molar-refractivity contribution in [1.29, 1.82) is 0 Å². The zero-order valence-electron chi connectivity index (χ0n) is 6.92. The predicted octanol–water partition coefficient (Wildman–Crippen LogP) is 3.29. The fourth-order valence-corrected chi connectivity index (χ4v) is 1.42. The number of hydrogen-bond donors (Lipinski definition) is 1. The summed E-state index contributed by atoms with van der Waals surface area (Å²) in [5.41, 5.74) is 8.09. The lowest BCUT2D eigenvalue weighted by Gasteiger charge is -2.04. The summed E-state index contributed by atoms with van der Waals surface area (Å²) < 4.78 is 15.9. The summed E-state index contributed by atoms with van der Waals surface area (Å²) in [4.78, 5) is 0. The second-order valence-corrected chi connectivity index (χ2v) is 3.64. The fourth-order valence-electron chi connectivity index (χ4n) is 0.906. The lowest BCUT2D eigenvalue weighted by atomic mass is 10.1. The minimum Gasteiger partial charge on any atom is -0.397 e. The molecule has 0 spiro atoms. The van der Waals surface area contributed by atoms with Crippen molar-refractivity contribution in [2.45, 2.75) is 6.92 Å². The number of halogens is 2. The van der Waals surface area contributed by atoms with Gasteiger partial charge in [0.15, 0.2) is 12.3 Å². The molecule has 0 aliphatic heterocycles. The summed E-state index contributed by atoms with van der Waals surface area (Å²) in [5, 5.41) is 0. The van der Waals surface area contributed by atoms with Crippen LogP contribution in [0.5, 0.6) is 0 Å². The Morgan fingerprint density at radius 2 is 2.31 bits per heavy atom. The van der Waals surface area contributed by atoms with Gasteiger partial charge in [0.05, 0.1) is 5.69 Å². The van der Waals surface area contributed by atoms with E-state index in [2.05, 4.69) is 20.3 Å². The molecule has 0 saturated carbocycles. The molecule has 1 aromatic carbocycles. The Morgan fingerprint density at radius 1 is 1.62 bits per heavy atom. The molecular weight excluding hydrogens is 255 g/mol. The molecule has 0 amide bonds. The number of hydrogen-bond acceptors (Lipinski definition) is 3. The largest absolute Gasteiger partial charge is 0.397 e. The molecular formula is C8H8BrFN2S. The third kappa shape index (κ3) is 2.45. The minimum atomic E-state index is -0.0862. The van der Waals surface area contributed by atoms with E-state index in [1.807, 2.05) is 13.0 Å². The highest BCUT2D eigenvalue weighted by Gasteiger charge is 2.03. The highest BCUT2D eigenvalue weighted by atomic mass is 79.9. The van der Waals surface area contributed by atoms with Gasteiger partial charge in [-0.3, -0.25) is 0 Å². The van der Waals surface area contributed by atoms with Crippen LogP contribution in [0, 0.1) is 6.92 Å². The van der Waals surface area contributed by atoms with Crippen LogP contribution in [0.1, 0.15) is 11.1 Å². The molecule has 0 bridgehead atoms. The maximum absolute atomic E-state index is 11.7. The smallest absolute Gasteiger partial charge is 0.186 e. The van der Waals surface area contributed by atoms with Crippen molar-refractivity contribution in [3.05, 3.63) is 27.7 Å². The van der Waals surface area contributed by atoms with Gasteiger partial charge in [-0.25, -0.2) is 0 Å². The Hall–Kier alpha value is -0.550. The van der Waals surface area contributed by atoms with E-state index in [-0.39, 0.29) is 12.3 Å². The van der Waals surface area contributed by atoms with E-state index < -0.39 is 0 Å². The molecule has 5 heteroatoms. The molecule has 0 aliphatic carbocycles. The van der Waals surface area contributed by atoms with Crippen LogP contribution in [-0.4, -0.2) is 6.21 Å². The Bertz CT molecular complexity index is 341. The molecule has 0 atom stereocenters. The summed E-state index contributed by atoms with van der Waals surface area (Å²) in [7, 11) is 0. The first kappa shape index (κ1) is 10.5. The number of benzene rings is 1. The van der Waals surface area contributed by atoms with E-state index >= 15 is 0 Å². The Balaban J connectivity index is 3.11. The molecule has 0 unspecified atom stereocenters. The van der Waals surface area contributed by atoms with Crippen molar-refractivity contribution >= 4 is 40.2 Å². The molecule has 0 radical (unpaired) electrons. The summed E-state index contributed by atoms with van der Waals surface area (Å²) in [6.45, 7) is 1.94. The molecule has 1 rings (SSSR count). The molecule has 0 heterocycles. The lowest BCUT2D eigenvalue weighted by Crippen LogP contribution is -1.95. The number of nitrogen functional groups attached to an aromatic ring is 1. The molecule has 70 valence electrons. The van der Waals surface area contributed by atoms with Crippen molar-refractivity contribution in [3.8, 4) is 0 Å². The van der Waals surface area contributed by atoms with Gasteiger partial charge in [-0.2, -0.15) is 4.40 Å². The molecule has 2 nitrogen and oxygen atoms in total. The first-order chi connectivity index (χ1) is 6.16. The molecule has 0 aromatic heterocycles. The van der Waals surface area contributed by atoms with Gasteiger partial charge in [0, 0.05) is 16.3 Å². The summed E-state index contributed by atoms with van der Waals surface area (Å²) >= 11 is 3.25. The number of aryl methyl sites for hydroxylation is 1. The van der Waals surface area contributed by atoms with E-state index in [9.17, 15) is 3.89 Å². The Labute approximate surface area is 89.0 Å². The van der Waals surface area contributed by atoms with Gasteiger partial charge in [-0.1, -0.05) is 12.1 Å². The fraction of sp³-hybridized carbons (Fsp3) is 0.125. The van der Waals surface area contributed by atoms with Crippen LogP contribution in [-0.2, 0) is 0 Å². The van der Waals surface area contributed by atoms with Crippen LogP contribution in [0.25, 0.3) is 0 Å². The zero-order chi connectivity index (χ0) is 9.84. The number of anilines is 1. The average Bonchev–Trinajstić information content (AvgIpc) is 2.13. The van der Waals surface area contributed by atoms with Gasteiger partial charge in [0.25, 0.3) is 0 Å². The second kappa shape index (κ2) is 4.62. The highest BCUT2D eigenvalue weighted by Crippen LogP contribution is 2.26. The van der Waals surface area contributed by atoms with Crippen molar-refractivity contribution in [1.82, 2.24) is 0 Å². The Morgan fingerprint density at radius 3 is 2.92 bits per heavy atom. The van der Waals surface area contributed by atoms with E-state index in [0.29, 0.717) is 11.3 Å². The first-order valence-corrected chi connectivity index (χ1v) is 4.99. The molecule has 13 heavy (non-hydrogen) atoms. The molecule has 0 fully saturated rings. The van der Waals surface area contributed by atoms with Crippen molar-refractivity contribution in [2.24, 2.45) is 4.40 Å². The van der Waals surface area contributed by atoms with Gasteiger partial charge in [-0.05, 0) is 28.4 Å². The zero-order valence-corrected chi connectivity index (χ0v) is 9.32. The summed E-state index contributed by atoms with van der Waals surface area (Å²) in [5.74, 6) is 0. The van der Waals surface area contributed by atoms with Crippen LogP contribution < -0.4 is 5.73 Å². The van der Waals surface area contributed by atoms with Gasteiger partial charge in [-0.15, -0.1) is 3.89 Å². The van der Waals surface area contributed by atoms with E-state index in [4.69, 9.17) is 5.73 Å². The molecule has 0 saturated heterocycles. The van der Waals surface area contributed by atoms with Gasteiger partial charge >= 0.3 is 0 Å². The van der Waals surface area contributed by atoms with Crippen LogP contribution in [0.4, 0.5) is 9.57 Å². The normalized spacial score (nSPS) is 11.0. The topological polar surface area (TPSA) is 38.4 Å². The minimum absolute atomic E-state index is 0.0862. The van der Waals surface area contributed by atoms with Crippen molar-refractivity contribution < 1.29 is 3.89 Å². The SMILES string of the molecule is Cc1ccc(C=NSF)c(N)c1Br.